The van der Waals surface area contributed by atoms with Gasteiger partial charge in [-0.05, 0) is 48.4 Å². The number of carbonyl (C=O) groups excluding carboxylic acids is 2. The van der Waals surface area contributed by atoms with Crippen molar-refractivity contribution in [1.82, 2.24) is 4.90 Å². The van der Waals surface area contributed by atoms with Gasteiger partial charge in [0.2, 0.25) is 0 Å². The largest absolute Gasteiger partial charge is 0.507 e. The van der Waals surface area contributed by atoms with Gasteiger partial charge >= 0.3 is 0 Å². The molecule has 3 rings (SSSR count). The molecule has 2 aromatic carbocycles. The first kappa shape index (κ1) is 21.4. The number of hydrogen-bond donors (Lipinski definition) is 1. The quantitative estimate of drug-likeness (QED) is 0.311. The van der Waals surface area contributed by atoms with Crippen LogP contribution < -0.4 is 9.47 Å². The van der Waals surface area contributed by atoms with E-state index in [0.717, 1.165) is 0 Å². The second-order valence-corrected chi connectivity index (χ2v) is 6.84. The van der Waals surface area contributed by atoms with Crippen LogP contribution >= 0.6 is 0 Å². The summed E-state index contributed by atoms with van der Waals surface area (Å²) >= 11 is 0. The molecule has 1 N–H and O–H groups in total. The minimum Gasteiger partial charge on any atom is -0.507 e. The maximum atomic E-state index is 12.9. The average molecular weight is 411 g/mol. The van der Waals surface area contributed by atoms with E-state index in [9.17, 15) is 14.7 Å². The van der Waals surface area contributed by atoms with Crippen molar-refractivity contribution >= 4 is 17.4 Å². The number of rotatable bonds is 8. The van der Waals surface area contributed by atoms with Crippen LogP contribution in [0.15, 0.2) is 54.1 Å². The number of benzene rings is 2. The van der Waals surface area contributed by atoms with Gasteiger partial charge in [-0.25, -0.2) is 0 Å². The third-order valence-corrected chi connectivity index (χ3v) is 5.06. The van der Waals surface area contributed by atoms with Gasteiger partial charge in [-0.1, -0.05) is 12.1 Å². The molecule has 158 valence electrons. The van der Waals surface area contributed by atoms with Crippen LogP contribution in [-0.2, 0) is 14.3 Å². The third kappa shape index (κ3) is 4.16. The highest BCUT2D eigenvalue weighted by Gasteiger charge is 2.45. The summed E-state index contributed by atoms with van der Waals surface area (Å²) in [4.78, 5) is 27.2. The molecular weight excluding hydrogens is 386 g/mol. The first-order valence-electron chi connectivity index (χ1n) is 9.57. The highest BCUT2D eigenvalue weighted by atomic mass is 16.5. The van der Waals surface area contributed by atoms with Gasteiger partial charge in [0, 0.05) is 25.8 Å². The first-order chi connectivity index (χ1) is 14.5. The van der Waals surface area contributed by atoms with Crippen LogP contribution in [0.3, 0.4) is 0 Å². The second kappa shape index (κ2) is 9.45. The lowest BCUT2D eigenvalue weighted by molar-refractivity contribution is -0.140. The number of hydrogen-bond acceptors (Lipinski definition) is 6. The number of nitrogens with zero attached hydrogens (tertiary/aromatic N) is 1. The van der Waals surface area contributed by atoms with Crippen LogP contribution in [0.2, 0.25) is 0 Å². The Kier molecular flexibility index (Phi) is 6.74. The SMILES string of the molecule is COCCCN1C(=O)C(=O)/C(=C(/O)c2ccc(OC)cc2)[C@H]1c1cccc(OC)c1. The van der Waals surface area contributed by atoms with E-state index in [4.69, 9.17) is 14.2 Å². The summed E-state index contributed by atoms with van der Waals surface area (Å²) < 4.78 is 15.5. The van der Waals surface area contributed by atoms with Crippen LogP contribution in [-0.4, -0.2) is 56.2 Å². The van der Waals surface area contributed by atoms with E-state index in [-0.39, 0.29) is 11.3 Å². The Labute approximate surface area is 175 Å². The fraction of sp³-hybridized carbons (Fsp3) is 0.304. The lowest BCUT2D eigenvalue weighted by Gasteiger charge is -2.25. The molecular formula is C23H25NO6. The molecule has 1 atom stereocenters. The molecule has 1 aliphatic heterocycles. The van der Waals surface area contributed by atoms with Gasteiger partial charge < -0.3 is 24.2 Å². The van der Waals surface area contributed by atoms with Crippen molar-refractivity contribution in [3.8, 4) is 11.5 Å². The van der Waals surface area contributed by atoms with Crippen molar-refractivity contribution in [3.05, 3.63) is 65.2 Å². The maximum absolute atomic E-state index is 12.9. The zero-order valence-electron chi connectivity index (χ0n) is 17.3. The molecule has 7 heteroatoms. The third-order valence-electron chi connectivity index (χ3n) is 5.06. The highest BCUT2D eigenvalue weighted by molar-refractivity contribution is 6.46. The molecule has 30 heavy (non-hydrogen) atoms. The molecule has 0 unspecified atom stereocenters. The van der Waals surface area contributed by atoms with Crippen LogP contribution in [0, 0.1) is 0 Å². The molecule has 0 saturated carbocycles. The van der Waals surface area contributed by atoms with Gasteiger partial charge in [0.1, 0.15) is 17.3 Å². The van der Waals surface area contributed by atoms with Crippen molar-refractivity contribution in [2.24, 2.45) is 0 Å². The number of amides is 1. The number of Topliss-reactive ketones (excluding diaryl/α,β-unsaturated/α-hetero) is 1. The lowest BCUT2D eigenvalue weighted by Crippen LogP contribution is -2.31. The summed E-state index contributed by atoms with van der Waals surface area (Å²) in [6, 6.07) is 13.1. The number of methoxy groups -OCH3 is 3. The van der Waals surface area contributed by atoms with Crippen molar-refractivity contribution in [3.63, 3.8) is 0 Å². The summed E-state index contributed by atoms with van der Waals surface area (Å²) in [7, 11) is 4.67. The molecule has 7 nitrogen and oxygen atoms in total. The maximum Gasteiger partial charge on any atom is 0.295 e. The van der Waals surface area contributed by atoms with E-state index >= 15 is 0 Å². The topological polar surface area (TPSA) is 85.3 Å². The van der Waals surface area contributed by atoms with E-state index in [0.29, 0.717) is 42.2 Å². The van der Waals surface area contributed by atoms with Gasteiger partial charge in [0.15, 0.2) is 0 Å². The molecule has 1 heterocycles. The van der Waals surface area contributed by atoms with Gasteiger partial charge in [-0.3, -0.25) is 9.59 Å². The van der Waals surface area contributed by atoms with Crippen molar-refractivity contribution in [2.45, 2.75) is 12.5 Å². The second-order valence-electron chi connectivity index (χ2n) is 6.84. The van der Waals surface area contributed by atoms with Crippen LogP contribution in [0.4, 0.5) is 0 Å². The highest BCUT2D eigenvalue weighted by Crippen LogP contribution is 2.40. The van der Waals surface area contributed by atoms with E-state index in [1.165, 1.54) is 4.90 Å². The number of carbonyl (C=O) groups is 2. The van der Waals surface area contributed by atoms with Gasteiger partial charge in [0.05, 0.1) is 25.8 Å². The Morgan fingerprint density at radius 1 is 1.00 bits per heavy atom. The normalized spacial score (nSPS) is 18.0. The fourth-order valence-corrected chi connectivity index (χ4v) is 3.55. The molecule has 1 fully saturated rings. The van der Waals surface area contributed by atoms with Crippen LogP contribution in [0.25, 0.3) is 5.76 Å². The zero-order valence-corrected chi connectivity index (χ0v) is 17.3. The molecule has 0 spiro atoms. The number of ketones is 1. The molecule has 0 radical (unpaired) electrons. The monoisotopic (exact) mass is 411 g/mol. The summed E-state index contributed by atoms with van der Waals surface area (Å²) in [5, 5.41) is 11.0. The van der Waals surface area contributed by atoms with E-state index in [1.807, 2.05) is 6.07 Å². The number of aliphatic hydroxyl groups is 1. The Morgan fingerprint density at radius 3 is 2.33 bits per heavy atom. The molecule has 1 saturated heterocycles. The smallest absolute Gasteiger partial charge is 0.295 e. The number of aliphatic hydroxyl groups excluding tert-OH is 1. The summed E-state index contributed by atoms with van der Waals surface area (Å²) in [6.07, 6.45) is 0.562. The number of likely N-dealkylation sites (tertiary alicyclic amines) is 1. The summed E-state index contributed by atoms with van der Waals surface area (Å²) in [5.74, 6) is -0.365. The fourth-order valence-electron chi connectivity index (χ4n) is 3.55. The Bertz CT molecular complexity index is 950. The minimum absolute atomic E-state index is 0.0517. The average Bonchev–Trinajstić information content (AvgIpc) is 3.04. The van der Waals surface area contributed by atoms with Crippen molar-refractivity contribution < 1.29 is 28.9 Å². The summed E-state index contributed by atoms with van der Waals surface area (Å²) in [5.41, 5.74) is 1.16. The molecule has 0 aromatic heterocycles. The van der Waals surface area contributed by atoms with Crippen molar-refractivity contribution in [1.29, 1.82) is 0 Å². The molecule has 1 amide bonds. The molecule has 0 aliphatic carbocycles. The predicted molar refractivity (Wildman–Crippen MR) is 111 cm³/mol. The van der Waals surface area contributed by atoms with Crippen LogP contribution in [0.5, 0.6) is 11.5 Å². The van der Waals surface area contributed by atoms with E-state index in [1.54, 1.807) is 63.8 Å². The van der Waals surface area contributed by atoms with E-state index in [2.05, 4.69) is 0 Å². The minimum atomic E-state index is -0.723. The van der Waals surface area contributed by atoms with Crippen LogP contribution in [0.1, 0.15) is 23.6 Å². The Hall–Kier alpha value is -3.32. The predicted octanol–water partition coefficient (Wildman–Crippen LogP) is 3.16. The summed E-state index contributed by atoms with van der Waals surface area (Å²) in [6.45, 7) is 0.770. The zero-order chi connectivity index (χ0) is 21.7. The van der Waals surface area contributed by atoms with E-state index < -0.39 is 17.7 Å². The van der Waals surface area contributed by atoms with Gasteiger partial charge in [-0.2, -0.15) is 0 Å². The Balaban J connectivity index is 2.11. The molecule has 0 bridgehead atoms. The number of ether oxygens (including phenoxy) is 3. The molecule has 2 aromatic rings. The first-order valence-corrected chi connectivity index (χ1v) is 9.57. The molecule has 1 aliphatic rings. The van der Waals surface area contributed by atoms with Crippen molar-refractivity contribution in [2.75, 3.05) is 34.5 Å². The Morgan fingerprint density at radius 2 is 1.70 bits per heavy atom. The standard InChI is InChI=1S/C23H25NO6/c1-28-13-5-12-24-20(16-6-4-7-18(14-16)30-3)19(22(26)23(24)27)21(25)15-8-10-17(29-2)11-9-15/h4,6-11,14,20,25H,5,12-13H2,1-3H3/b21-19+/t20-/m1/s1. The van der Waals surface area contributed by atoms with Gasteiger partial charge in [-0.15, -0.1) is 0 Å². The lowest BCUT2D eigenvalue weighted by atomic mass is 9.95. The van der Waals surface area contributed by atoms with Gasteiger partial charge in [0.25, 0.3) is 11.7 Å².